The molecular weight excluding hydrogens is 392 g/mol. The van der Waals surface area contributed by atoms with Gasteiger partial charge < -0.3 is 14.7 Å². The van der Waals surface area contributed by atoms with E-state index in [2.05, 4.69) is 22.3 Å². The summed E-state index contributed by atoms with van der Waals surface area (Å²) in [4.78, 5) is 21.0. The molecule has 0 radical (unpaired) electrons. The van der Waals surface area contributed by atoms with Gasteiger partial charge in [0.05, 0.1) is 5.71 Å². The fraction of sp³-hybridized carbons (Fsp3) is 0.480. The number of hydrogen-bond donors (Lipinski definition) is 1. The molecule has 4 rings (SSSR count). The second-order valence-corrected chi connectivity index (χ2v) is 8.53. The first-order chi connectivity index (χ1) is 15.2. The highest BCUT2D eigenvalue weighted by Gasteiger charge is 2.24. The van der Waals surface area contributed by atoms with Crippen molar-refractivity contribution in [2.45, 2.75) is 51.4 Å². The minimum absolute atomic E-state index is 0.310. The van der Waals surface area contributed by atoms with Crippen molar-refractivity contribution in [3.8, 4) is 5.75 Å². The van der Waals surface area contributed by atoms with Crippen LogP contribution in [0.4, 0.5) is 0 Å². The lowest BCUT2D eigenvalue weighted by atomic mass is 9.83. The number of pyridine rings is 1. The summed E-state index contributed by atoms with van der Waals surface area (Å²) >= 11 is 0. The Morgan fingerprint density at radius 2 is 2.00 bits per heavy atom. The van der Waals surface area contributed by atoms with Crippen molar-refractivity contribution in [2.24, 2.45) is 17.0 Å². The summed E-state index contributed by atoms with van der Waals surface area (Å²) in [6.07, 6.45) is 12.5. The van der Waals surface area contributed by atoms with Crippen LogP contribution in [0.2, 0.25) is 0 Å². The normalized spacial score (nSPS) is 19.5. The number of hydrogen-bond acceptors (Lipinski definition) is 5. The minimum Gasteiger partial charge on any atom is -0.482 e. The van der Waals surface area contributed by atoms with E-state index in [-0.39, 0.29) is 6.61 Å². The van der Waals surface area contributed by atoms with Gasteiger partial charge in [0, 0.05) is 29.8 Å². The number of aromatic nitrogens is 1. The Bertz CT molecular complexity index is 907. The molecule has 164 valence electrons. The van der Waals surface area contributed by atoms with Gasteiger partial charge in [0.1, 0.15) is 12.4 Å². The second kappa shape index (κ2) is 10.4. The van der Waals surface area contributed by atoms with Crippen LogP contribution in [0.25, 0.3) is 0 Å². The van der Waals surface area contributed by atoms with E-state index in [0.29, 0.717) is 24.2 Å². The number of carboxylic acid groups (broad SMARTS) is 1. The van der Waals surface area contributed by atoms with E-state index in [0.717, 1.165) is 48.9 Å². The van der Waals surface area contributed by atoms with E-state index in [4.69, 9.17) is 14.7 Å². The predicted molar refractivity (Wildman–Crippen MR) is 118 cm³/mol. The Morgan fingerprint density at radius 3 is 2.77 bits per heavy atom. The molecule has 1 fully saturated rings. The molecule has 0 aliphatic heterocycles. The molecule has 2 aromatic rings. The number of ether oxygens (including phenoxy) is 1. The zero-order chi connectivity index (χ0) is 21.5. The van der Waals surface area contributed by atoms with E-state index in [1.54, 1.807) is 6.20 Å². The predicted octanol–water partition coefficient (Wildman–Crippen LogP) is 4.65. The maximum atomic E-state index is 10.8. The highest BCUT2D eigenvalue weighted by Crippen LogP contribution is 2.33. The third kappa shape index (κ3) is 5.63. The number of carboxylic acids is 1. The maximum Gasteiger partial charge on any atom is 0.341 e. The van der Waals surface area contributed by atoms with Gasteiger partial charge in [-0.15, -0.1) is 0 Å². The molecule has 0 spiro atoms. The Kier molecular flexibility index (Phi) is 7.18. The van der Waals surface area contributed by atoms with Gasteiger partial charge in [-0.05, 0) is 61.4 Å². The molecule has 1 aromatic carbocycles. The Balaban J connectivity index is 1.40. The highest BCUT2D eigenvalue weighted by molar-refractivity contribution is 6.01. The fourth-order valence-corrected chi connectivity index (χ4v) is 4.73. The van der Waals surface area contributed by atoms with Crippen LogP contribution in [0, 0.1) is 11.8 Å². The number of benzene rings is 1. The summed E-state index contributed by atoms with van der Waals surface area (Å²) in [5.41, 5.74) is 4.44. The van der Waals surface area contributed by atoms with Crippen molar-refractivity contribution in [2.75, 3.05) is 13.2 Å². The number of nitrogens with zero attached hydrogens (tertiary/aromatic N) is 2. The molecule has 1 saturated carbocycles. The van der Waals surface area contributed by atoms with Gasteiger partial charge in [-0.1, -0.05) is 36.6 Å². The van der Waals surface area contributed by atoms with Crippen LogP contribution in [-0.2, 0) is 22.5 Å². The third-order valence-corrected chi connectivity index (χ3v) is 6.31. The molecule has 2 aliphatic rings. The molecular formula is C25H30N2O4. The van der Waals surface area contributed by atoms with Crippen LogP contribution < -0.4 is 4.74 Å². The molecule has 0 bridgehead atoms. The van der Waals surface area contributed by atoms with E-state index >= 15 is 0 Å². The summed E-state index contributed by atoms with van der Waals surface area (Å²) in [5.74, 6) is 0.555. The SMILES string of the molecule is O=C(O)COc1cccc2c1CCC(CO/N=C(\c1cccnc1)C1CCCCC1)C2. The number of rotatable bonds is 8. The minimum atomic E-state index is -0.958. The van der Waals surface area contributed by atoms with Crippen molar-refractivity contribution in [3.63, 3.8) is 0 Å². The second-order valence-electron chi connectivity index (χ2n) is 8.53. The van der Waals surface area contributed by atoms with Crippen LogP contribution in [0.1, 0.15) is 55.2 Å². The van der Waals surface area contributed by atoms with Gasteiger partial charge in [-0.2, -0.15) is 0 Å². The molecule has 1 atom stereocenters. The van der Waals surface area contributed by atoms with Gasteiger partial charge in [-0.25, -0.2) is 4.79 Å². The lowest BCUT2D eigenvalue weighted by Crippen LogP contribution is -2.22. The molecule has 0 saturated heterocycles. The molecule has 1 heterocycles. The van der Waals surface area contributed by atoms with Crippen molar-refractivity contribution in [3.05, 3.63) is 59.4 Å². The first-order valence-corrected chi connectivity index (χ1v) is 11.3. The number of fused-ring (bicyclic) bond motifs is 1. The topological polar surface area (TPSA) is 81.0 Å². The maximum absolute atomic E-state index is 10.8. The van der Waals surface area contributed by atoms with Crippen LogP contribution >= 0.6 is 0 Å². The van der Waals surface area contributed by atoms with E-state index in [9.17, 15) is 4.79 Å². The molecule has 1 aromatic heterocycles. The summed E-state index contributed by atoms with van der Waals surface area (Å²) in [6, 6.07) is 9.91. The van der Waals surface area contributed by atoms with Crippen LogP contribution in [0.3, 0.4) is 0 Å². The summed E-state index contributed by atoms with van der Waals surface area (Å²) in [7, 11) is 0. The van der Waals surface area contributed by atoms with Crippen molar-refractivity contribution >= 4 is 11.7 Å². The molecule has 31 heavy (non-hydrogen) atoms. The molecule has 1 N–H and O–H groups in total. The van der Waals surface area contributed by atoms with Gasteiger partial charge in [0.2, 0.25) is 0 Å². The molecule has 0 amide bonds. The van der Waals surface area contributed by atoms with E-state index in [1.165, 1.54) is 24.8 Å². The van der Waals surface area contributed by atoms with Crippen LogP contribution in [0.15, 0.2) is 47.9 Å². The average Bonchev–Trinajstić information content (AvgIpc) is 2.81. The van der Waals surface area contributed by atoms with E-state index < -0.39 is 5.97 Å². The van der Waals surface area contributed by atoms with Gasteiger partial charge in [0.15, 0.2) is 6.61 Å². The Labute approximate surface area is 183 Å². The molecule has 2 aliphatic carbocycles. The number of aliphatic carboxylic acids is 1. The summed E-state index contributed by atoms with van der Waals surface area (Å²) in [5, 5.41) is 13.5. The van der Waals surface area contributed by atoms with Crippen molar-refractivity contribution in [1.82, 2.24) is 4.98 Å². The van der Waals surface area contributed by atoms with Crippen molar-refractivity contribution < 1.29 is 19.5 Å². The summed E-state index contributed by atoms with van der Waals surface area (Å²) in [6.45, 7) is 0.270. The van der Waals surface area contributed by atoms with Gasteiger partial charge in [-0.3, -0.25) is 4.98 Å². The fourth-order valence-electron chi connectivity index (χ4n) is 4.73. The quantitative estimate of drug-likeness (QED) is 0.495. The molecule has 6 heteroatoms. The van der Waals surface area contributed by atoms with Crippen LogP contribution in [0.5, 0.6) is 5.75 Å². The van der Waals surface area contributed by atoms with E-state index in [1.807, 2.05) is 24.4 Å². The average molecular weight is 423 g/mol. The Hall–Kier alpha value is -2.89. The van der Waals surface area contributed by atoms with Gasteiger partial charge in [0.25, 0.3) is 0 Å². The number of oxime groups is 1. The monoisotopic (exact) mass is 422 g/mol. The largest absolute Gasteiger partial charge is 0.482 e. The third-order valence-electron chi connectivity index (χ3n) is 6.31. The zero-order valence-corrected chi connectivity index (χ0v) is 17.8. The first kappa shape index (κ1) is 21.3. The lowest BCUT2D eigenvalue weighted by Gasteiger charge is -2.26. The molecule has 1 unspecified atom stereocenters. The van der Waals surface area contributed by atoms with Crippen molar-refractivity contribution in [1.29, 1.82) is 0 Å². The smallest absolute Gasteiger partial charge is 0.341 e. The van der Waals surface area contributed by atoms with Gasteiger partial charge >= 0.3 is 5.97 Å². The lowest BCUT2D eigenvalue weighted by molar-refractivity contribution is -0.139. The summed E-state index contributed by atoms with van der Waals surface area (Å²) < 4.78 is 5.47. The molecule has 6 nitrogen and oxygen atoms in total. The Morgan fingerprint density at radius 1 is 1.13 bits per heavy atom. The highest BCUT2D eigenvalue weighted by atomic mass is 16.6. The zero-order valence-electron chi connectivity index (χ0n) is 17.8. The first-order valence-electron chi connectivity index (χ1n) is 11.3. The van der Waals surface area contributed by atoms with Crippen LogP contribution in [-0.4, -0.2) is 35.0 Å². The standard InChI is InChI=1S/C25H30N2O4/c28-24(29)17-30-23-10-4-8-20-14-18(11-12-22(20)23)16-31-27-25(19-6-2-1-3-7-19)21-9-5-13-26-15-21/h4-5,8-10,13,15,18-19H,1-3,6-7,11-12,14,16-17H2,(H,28,29)/b27-25-. The number of carbonyl (C=O) groups is 1.